The minimum atomic E-state index is -1.34. The van der Waals surface area contributed by atoms with Crippen LogP contribution in [0.5, 0.6) is 0 Å². The molecule has 0 saturated carbocycles. The van der Waals surface area contributed by atoms with Crippen molar-refractivity contribution in [2.75, 3.05) is 18.5 Å². The molecule has 138 valence electrons. The molecule has 0 heterocycles. The summed E-state index contributed by atoms with van der Waals surface area (Å²) in [5.74, 6) is -4.13. The molecular weight excluding hydrogens is 349 g/mol. The first kappa shape index (κ1) is 19.5. The van der Waals surface area contributed by atoms with Crippen LogP contribution in [-0.4, -0.2) is 24.2 Å². The predicted molar refractivity (Wildman–Crippen MR) is 90.4 cm³/mol. The number of anilines is 2. The standard InChI is InChI=1S/C18H17F3N2O3/c1-2-3-11-4-7-15(14(20)10-11)22-17-12(5-6-13(19)16(17)21)18(25)23-26-9-8-24/h2,4-7,10,22,24H,1,3,8-9H2,(H,23,25). The van der Waals surface area contributed by atoms with E-state index in [1.807, 2.05) is 5.48 Å². The quantitative estimate of drug-likeness (QED) is 0.381. The van der Waals surface area contributed by atoms with E-state index in [2.05, 4.69) is 16.7 Å². The number of carbonyl (C=O) groups excluding carboxylic acids is 1. The Kier molecular flexibility index (Phi) is 6.76. The number of amides is 1. The van der Waals surface area contributed by atoms with Gasteiger partial charge in [0.25, 0.3) is 5.91 Å². The molecule has 2 rings (SSSR count). The summed E-state index contributed by atoms with van der Waals surface area (Å²) in [6.45, 7) is 3.03. The van der Waals surface area contributed by atoms with E-state index >= 15 is 0 Å². The van der Waals surface area contributed by atoms with E-state index in [-0.39, 0.29) is 24.5 Å². The number of hydrogen-bond acceptors (Lipinski definition) is 4. The van der Waals surface area contributed by atoms with Crippen molar-refractivity contribution in [2.45, 2.75) is 6.42 Å². The number of halogens is 3. The Morgan fingerprint density at radius 2 is 1.96 bits per heavy atom. The minimum absolute atomic E-state index is 0.132. The molecule has 26 heavy (non-hydrogen) atoms. The second kappa shape index (κ2) is 9.02. The zero-order chi connectivity index (χ0) is 19.1. The van der Waals surface area contributed by atoms with Gasteiger partial charge in [-0.2, -0.15) is 0 Å². The van der Waals surface area contributed by atoms with E-state index in [9.17, 15) is 18.0 Å². The summed E-state index contributed by atoms with van der Waals surface area (Å²) in [4.78, 5) is 16.7. The maximum Gasteiger partial charge on any atom is 0.277 e. The lowest BCUT2D eigenvalue weighted by Gasteiger charge is -2.14. The summed E-state index contributed by atoms with van der Waals surface area (Å²) in [5.41, 5.74) is 1.67. The van der Waals surface area contributed by atoms with Crippen LogP contribution in [0.2, 0.25) is 0 Å². The third-order valence-electron chi connectivity index (χ3n) is 3.37. The Labute approximate surface area is 148 Å². The SMILES string of the molecule is C=CCc1ccc(Nc2c(C(=O)NOCCO)ccc(F)c2F)c(F)c1. The highest BCUT2D eigenvalue weighted by atomic mass is 19.2. The largest absolute Gasteiger partial charge is 0.394 e. The van der Waals surface area contributed by atoms with Gasteiger partial charge in [0.15, 0.2) is 11.6 Å². The van der Waals surface area contributed by atoms with Crippen molar-refractivity contribution in [3.63, 3.8) is 0 Å². The molecule has 0 bridgehead atoms. The van der Waals surface area contributed by atoms with Crippen molar-refractivity contribution in [3.8, 4) is 0 Å². The van der Waals surface area contributed by atoms with Gasteiger partial charge in [-0.1, -0.05) is 12.1 Å². The van der Waals surface area contributed by atoms with Crippen LogP contribution in [0.25, 0.3) is 0 Å². The summed E-state index contributed by atoms with van der Waals surface area (Å²) in [6.07, 6.45) is 2.05. The Morgan fingerprint density at radius 1 is 1.19 bits per heavy atom. The van der Waals surface area contributed by atoms with Gasteiger partial charge in [0.05, 0.1) is 30.2 Å². The van der Waals surface area contributed by atoms with Crippen molar-refractivity contribution in [3.05, 3.63) is 71.6 Å². The maximum absolute atomic E-state index is 14.2. The number of hydroxylamine groups is 1. The molecule has 0 radical (unpaired) electrons. The maximum atomic E-state index is 14.2. The van der Waals surface area contributed by atoms with Gasteiger partial charge < -0.3 is 10.4 Å². The summed E-state index contributed by atoms with van der Waals surface area (Å²) < 4.78 is 42.0. The first-order valence-corrected chi connectivity index (χ1v) is 7.65. The molecule has 1 amide bonds. The Bertz CT molecular complexity index is 813. The lowest BCUT2D eigenvalue weighted by Crippen LogP contribution is -2.26. The highest BCUT2D eigenvalue weighted by Gasteiger charge is 2.20. The zero-order valence-corrected chi connectivity index (χ0v) is 13.7. The average molecular weight is 366 g/mol. The van der Waals surface area contributed by atoms with Gasteiger partial charge in [0, 0.05) is 0 Å². The molecular formula is C18H17F3N2O3. The molecule has 0 aliphatic carbocycles. The molecule has 5 nitrogen and oxygen atoms in total. The summed E-state index contributed by atoms with van der Waals surface area (Å²) >= 11 is 0. The van der Waals surface area contributed by atoms with Crippen LogP contribution in [0.1, 0.15) is 15.9 Å². The molecule has 8 heteroatoms. The topological polar surface area (TPSA) is 70.6 Å². The molecule has 0 saturated heterocycles. The summed E-state index contributed by atoms with van der Waals surface area (Å²) in [7, 11) is 0. The number of aliphatic hydroxyl groups excluding tert-OH is 1. The highest BCUT2D eigenvalue weighted by Crippen LogP contribution is 2.28. The smallest absolute Gasteiger partial charge is 0.277 e. The number of hydrogen-bond donors (Lipinski definition) is 3. The Morgan fingerprint density at radius 3 is 2.62 bits per heavy atom. The van der Waals surface area contributed by atoms with Crippen LogP contribution in [0.4, 0.5) is 24.5 Å². The van der Waals surface area contributed by atoms with Gasteiger partial charge in [-0.25, -0.2) is 18.7 Å². The first-order chi connectivity index (χ1) is 12.5. The monoisotopic (exact) mass is 366 g/mol. The number of allylic oxidation sites excluding steroid dienone is 1. The molecule has 0 aliphatic rings. The van der Waals surface area contributed by atoms with E-state index in [1.165, 1.54) is 12.1 Å². The fourth-order valence-corrected chi connectivity index (χ4v) is 2.17. The second-order valence-electron chi connectivity index (χ2n) is 5.22. The molecule has 0 atom stereocenters. The second-order valence-corrected chi connectivity index (χ2v) is 5.22. The predicted octanol–water partition coefficient (Wildman–Crippen LogP) is 3.23. The average Bonchev–Trinajstić information content (AvgIpc) is 2.61. The lowest BCUT2D eigenvalue weighted by atomic mass is 10.1. The Hall–Kier alpha value is -2.84. The molecule has 0 unspecified atom stereocenters. The van der Waals surface area contributed by atoms with Crippen molar-refractivity contribution in [2.24, 2.45) is 0 Å². The number of rotatable bonds is 8. The number of benzene rings is 2. The molecule has 3 N–H and O–H groups in total. The van der Waals surface area contributed by atoms with Gasteiger partial charge in [0.1, 0.15) is 5.82 Å². The van der Waals surface area contributed by atoms with E-state index in [1.54, 1.807) is 12.1 Å². The molecule has 0 fully saturated rings. The van der Waals surface area contributed by atoms with Crippen LogP contribution >= 0.6 is 0 Å². The van der Waals surface area contributed by atoms with E-state index < -0.39 is 29.0 Å². The van der Waals surface area contributed by atoms with E-state index in [0.29, 0.717) is 12.0 Å². The first-order valence-electron chi connectivity index (χ1n) is 7.65. The lowest BCUT2D eigenvalue weighted by molar-refractivity contribution is 0.0168. The third-order valence-corrected chi connectivity index (χ3v) is 3.37. The third kappa shape index (κ3) is 4.62. The van der Waals surface area contributed by atoms with Gasteiger partial charge in [-0.3, -0.25) is 9.63 Å². The van der Waals surface area contributed by atoms with Crippen molar-refractivity contribution in [1.82, 2.24) is 5.48 Å². The van der Waals surface area contributed by atoms with Crippen molar-refractivity contribution >= 4 is 17.3 Å². The van der Waals surface area contributed by atoms with Crippen molar-refractivity contribution < 1.29 is 27.9 Å². The fourth-order valence-electron chi connectivity index (χ4n) is 2.17. The molecule has 2 aromatic rings. The van der Waals surface area contributed by atoms with E-state index in [0.717, 1.165) is 12.1 Å². The van der Waals surface area contributed by atoms with Crippen LogP contribution in [0.15, 0.2) is 43.0 Å². The zero-order valence-electron chi connectivity index (χ0n) is 13.7. The molecule has 2 aromatic carbocycles. The van der Waals surface area contributed by atoms with Gasteiger partial charge in [0.2, 0.25) is 0 Å². The van der Waals surface area contributed by atoms with Crippen LogP contribution < -0.4 is 10.8 Å². The number of carbonyl (C=O) groups is 1. The van der Waals surface area contributed by atoms with Crippen molar-refractivity contribution in [1.29, 1.82) is 0 Å². The van der Waals surface area contributed by atoms with Gasteiger partial charge in [-0.05, 0) is 36.2 Å². The van der Waals surface area contributed by atoms with E-state index in [4.69, 9.17) is 5.11 Å². The molecule has 0 aromatic heterocycles. The van der Waals surface area contributed by atoms with Crippen LogP contribution in [-0.2, 0) is 11.3 Å². The number of nitrogens with one attached hydrogen (secondary N) is 2. The Balaban J connectivity index is 2.34. The van der Waals surface area contributed by atoms with Crippen LogP contribution in [0.3, 0.4) is 0 Å². The highest BCUT2D eigenvalue weighted by molar-refractivity contribution is 5.99. The minimum Gasteiger partial charge on any atom is -0.394 e. The summed E-state index contributed by atoms with van der Waals surface area (Å²) in [5, 5.41) is 11.0. The molecule has 0 spiro atoms. The normalized spacial score (nSPS) is 10.5. The van der Waals surface area contributed by atoms with Gasteiger partial charge in [-0.15, -0.1) is 6.58 Å². The van der Waals surface area contributed by atoms with Gasteiger partial charge >= 0.3 is 0 Å². The summed E-state index contributed by atoms with van der Waals surface area (Å²) in [6, 6.07) is 5.97. The van der Waals surface area contributed by atoms with Crippen LogP contribution in [0, 0.1) is 17.5 Å². The number of aliphatic hydroxyl groups is 1. The fraction of sp³-hybridized carbons (Fsp3) is 0.167. The molecule has 0 aliphatic heterocycles.